The second-order valence-electron chi connectivity index (χ2n) is 5.08. The monoisotopic (exact) mass is 290 g/mol. The summed E-state index contributed by atoms with van der Waals surface area (Å²) in [6.45, 7) is 2.51. The van der Waals surface area contributed by atoms with Crippen molar-refractivity contribution < 1.29 is 14.3 Å². The molecule has 0 heterocycles. The Balaban J connectivity index is 2.25. The van der Waals surface area contributed by atoms with Crippen molar-refractivity contribution in [2.24, 2.45) is 0 Å². The summed E-state index contributed by atoms with van der Waals surface area (Å²) in [7, 11) is 1.66. The van der Waals surface area contributed by atoms with Gasteiger partial charge in [0.2, 0.25) is 0 Å². The fraction of sp³-hybridized carbons (Fsp3) is 0.500. The van der Waals surface area contributed by atoms with Crippen molar-refractivity contribution in [2.45, 2.75) is 45.1 Å². The number of hydrogen-bond donors (Lipinski definition) is 0. The molecule has 1 aromatic rings. The maximum absolute atomic E-state index is 11.6. The van der Waals surface area contributed by atoms with Gasteiger partial charge in [0.15, 0.2) is 0 Å². The van der Waals surface area contributed by atoms with Gasteiger partial charge in [-0.3, -0.25) is 0 Å². The van der Waals surface area contributed by atoms with Crippen LogP contribution in [0.5, 0.6) is 0 Å². The molecule has 0 aromatic heterocycles. The molecule has 0 N–H and O–H groups in total. The summed E-state index contributed by atoms with van der Waals surface area (Å²) in [5, 5.41) is 0. The summed E-state index contributed by atoms with van der Waals surface area (Å²) >= 11 is 0. The lowest BCUT2D eigenvalue weighted by Crippen LogP contribution is -2.20. The molecule has 21 heavy (non-hydrogen) atoms. The molecule has 3 heteroatoms. The molecule has 1 aromatic carbocycles. The second kappa shape index (κ2) is 11.1. The van der Waals surface area contributed by atoms with E-state index in [4.69, 9.17) is 9.47 Å². The molecule has 0 spiro atoms. The van der Waals surface area contributed by atoms with Crippen LogP contribution >= 0.6 is 0 Å². The van der Waals surface area contributed by atoms with Crippen LogP contribution in [0.2, 0.25) is 0 Å². The van der Waals surface area contributed by atoms with E-state index < -0.39 is 0 Å². The van der Waals surface area contributed by atoms with E-state index in [9.17, 15) is 4.79 Å². The first kappa shape index (κ1) is 17.4. The Bertz CT molecular complexity index is 412. The lowest BCUT2D eigenvalue weighted by Gasteiger charge is -2.14. The zero-order valence-corrected chi connectivity index (χ0v) is 13.1. The minimum atomic E-state index is -0.325. The van der Waals surface area contributed by atoms with Gasteiger partial charge in [0.05, 0.1) is 6.10 Å². The average Bonchev–Trinajstić information content (AvgIpc) is 2.53. The van der Waals surface area contributed by atoms with Crippen LogP contribution in [0.25, 0.3) is 6.08 Å². The van der Waals surface area contributed by atoms with Gasteiger partial charge in [0.1, 0.15) is 6.61 Å². The van der Waals surface area contributed by atoms with Gasteiger partial charge in [-0.15, -0.1) is 0 Å². The third kappa shape index (κ3) is 8.30. The maximum Gasteiger partial charge on any atom is 0.330 e. The predicted octanol–water partition coefficient (Wildman–Crippen LogP) is 4.23. The molecule has 0 aliphatic rings. The number of esters is 1. The first-order valence-electron chi connectivity index (χ1n) is 7.69. The van der Waals surface area contributed by atoms with Crippen LogP contribution in [0.4, 0.5) is 0 Å². The Hall–Kier alpha value is -1.61. The fourth-order valence-corrected chi connectivity index (χ4v) is 2.02. The number of rotatable bonds is 10. The number of ether oxygens (including phenoxy) is 2. The lowest BCUT2D eigenvalue weighted by atomic mass is 10.1. The summed E-state index contributed by atoms with van der Waals surface area (Å²) in [5.74, 6) is -0.325. The Morgan fingerprint density at radius 3 is 2.62 bits per heavy atom. The van der Waals surface area contributed by atoms with Gasteiger partial charge in [0.25, 0.3) is 0 Å². The highest BCUT2D eigenvalue weighted by Gasteiger charge is 2.09. The average molecular weight is 290 g/mol. The minimum Gasteiger partial charge on any atom is -0.460 e. The number of unbranched alkanes of at least 4 members (excludes halogenated alkanes) is 3. The predicted molar refractivity (Wildman–Crippen MR) is 86.0 cm³/mol. The summed E-state index contributed by atoms with van der Waals surface area (Å²) in [6.07, 6.45) is 8.93. The normalized spacial score (nSPS) is 12.5. The summed E-state index contributed by atoms with van der Waals surface area (Å²) < 4.78 is 10.6. The van der Waals surface area contributed by atoms with Gasteiger partial charge in [-0.1, -0.05) is 62.9 Å². The minimum absolute atomic E-state index is 0.00377. The molecular weight excluding hydrogens is 264 g/mol. The Morgan fingerprint density at radius 2 is 1.95 bits per heavy atom. The molecule has 116 valence electrons. The molecular formula is C18H26O3. The van der Waals surface area contributed by atoms with Crippen LogP contribution in [-0.4, -0.2) is 25.8 Å². The van der Waals surface area contributed by atoms with E-state index in [1.54, 1.807) is 13.2 Å². The van der Waals surface area contributed by atoms with E-state index >= 15 is 0 Å². The number of hydrogen-bond acceptors (Lipinski definition) is 3. The van der Waals surface area contributed by atoms with Crippen molar-refractivity contribution in [3.63, 3.8) is 0 Å². The van der Waals surface area contributed by atoms with E-state index in [0.717, 1.165) is 18.4 Å². The van der Waals surface area contributed by atoms with Gasteiger partial charge in [0, 0.05) is 13.2 Å². The summed E-state index contributed by atoms with van der Waals surface area (Å²) in [4.78, 5) is 11.6. The van der Waals surface area contributed by atoms with Crippen molar-refractivity contribution in [1.82, 2.24) is 0 Å². The molecule has 0 saturated heterocycles. The van der Waals surface area contributed by atoms with Crippen LogP contribution < -0.4 is 0 Å². The molecule has 0 bridgehead atoms. The van der Waals surface area contributed by atoms with E-state index in [2.05, 4.69) is 6.92 Å². The molecule has 0 saturated carbocycles. The zero-order valence-electron chi connectivity index (χ0n) is 13.1. The molecule has 1 unspecified atom stereocenters. The van der Waals surface area contributed by atoms with Crippen LogP contribution in [-0.2, 0) is 14.3 Å². The first-order chi connectivity index (χ1) is 10.3. The quantitative estimate of drug-likeness (QED) is 0.367. The molecule has 0 aliphatic heterocycles. The van der Waals surface area contributed by atoms with Crippen molar-refractivity contribution in [2.75, 3.05) is 13.7 Å². The highest BCUT2D eigenvalue weighted by molar-refractivity contribution is 5.87. The number of methoxy groups -OCH3 is 1. The van der Waals surface area contributed by atoms with Crippen LogP contribution in [0.15, 0.2) is 36.4 Å². The van der Waals surface area contributed by atoms with E-state index in [0.29, 0.717) is 6.61 Å². The molecule has 0 amide bonds. The smallest absolute Gasteiger partial charge is 0.330 e. The largest absolute Gasteiger partial charge is 0.460 e. The van der Waals surface area contributed by atoms with Gasteiger partial charge in [-0.2, -0.15) is 0 Å². The van der Waals surface area contributed by atoms with Gasteiger partial charge < -0.3 is 9.47 Å². The van der Waals surface area contributed by atoms with Gasteiger partial charge in [-0.05, 0) is 18.1 Å². The second-order valence-corrected chi connectivity index (χ2v) is 5.08. The van der Waals surface area contributed by atoms with Crippen molar-refractivity contribution >= 4 is 12.0 Å². The molecule has 0 aliphatic carbocycles. The lowest BCUT2D eigenvalue weighted by molar-refractivity contribution is -0.141. The summed E-state index contributed by atoms with van der Waals surface area (Å²) in [5.41, 5.74) is 0.984. The number of carbonyl (C=O) groups is 1. The molecule has 0 radical (unpaired) electrons. The van der Waals surface area contributed by atoms with Crippen LogP contribution in [0.1, 0.15) is 44.6 Å². The SMILES string of the molecule is CCCCCCC(COC(=O)/C=C/c1ccccc1)OC. The summed E-state index contributed by atoms with van der Waals surface area (Å²) in [6, 6.07) is 9.69. The van der Waals surface area contributed by atoms with E-state index in [1.165, 1.54) is 25.3 Å². The van der Waals surface area contributed by atoms with Crippen molar-refractivity contribution in [3.8, 4) is 0 Å². The number of carbonyl (C=O) groups excluding carboxylic acids is 1. The first-order valence-corrected chi connectivity index (χ1v) is 7.69. The fourth-order valence-electron chi connectivity index (χ4n) is 2.02. The van der Waals surface area contributed by atoms with Gasteiger partial charge >= 0.3 is 5.97 Å². The van der Waals surface area contributed by atoms with Gasteiger partial charge in [-0.25, -0.2) is 4.79 Å². The third-order valence-electron chi connectivity index (χ3n) is 3.34. The van der Waals surface area contributed by atoms with Crippen LogP contribution in [0.3, 0.4) is 0 Å². The topological polar surface area (TPSA) is 35.5 Å². The van der Waals surface area contributed by atoms with Crippen molar-refractivity contribution in [3.05, 3.63) is 42.0 Å². The molecule has 1 rings (SSSR count). The third-order valence-corrected chi connectivity index (χ3v) is 3.34. The highest BCUT2D eigenvalue weighted by atomic mass is 16.6. The Kier molecular flexibility index (Phi) is 9.21. The Morgan fingerprint density at radius 1 is 1.19 bits per heavy atom. The van der Waals surface area contributed by atoms with Crippen molar-refractivity contribution in [1.29, 1.82) is 0 Å². The highest BCUT2D eigenvalue weighted by Crippen LogP contribution is 2.08. The van der Waals surface area contributed by atoms with Crippen LogP contribution in [0, 0.1) is 0 Å². The molecule has 3 nitrogen and oxygen atoms in total. The Labute approximate surface area is 128 Å². The molecule has 1 atom stereocenters. The number of benzene rings is 1. The molecule has 0 fully saturated rings. The van der Waals surface area contributed by atoms with E-state index in [-0.39, 0.29) is 12.1 Å². The van der Waals surface area contributed by atoms with E-state index in [1.807, 2.05) is 30.3 Å². The standard InChI is InChI=1S/C18H26O3/c1-3-4-5-9-12-17(20-2)15-21-18(19)14-13-16-10-7-6-8-11-16/h6-8,10-11,13-14,17H,3-5,9,12,15H2,1-2H3/b14-13+. The zero-order chi connectivity index (χ0) is 15.3. The maximum atomic E-state index is 11.6.